The van der Waals surface area contributed by atoms with Gasteiger partial charge in [0.15, 0.2) is 11.5 Å². The monoisotopic (exact) mass is 308 g/mol. The van der Waals surface area contributed by atoms with Crippen molar-refractivity contribution in [3.63, 3.8) is 0 Å². The fourth-order valence-electron chi connectivity index (χ4n) is 2.38. The minimum atomic E-state index is 0.0700. The number of rotatable bonds is 8. The first-order valence-corrected chi connectivity index (χ1v) is 7.44. The number of aryl methyl sites for hydroxylation is 1. The van der Waals surface area contributed by atoms with Crippen LogP contribution in [-0.4, -0.2) is 46.9 Å². The zero-order chi connectivity index (χ0) is 15.9. The Balaban J connectivity index is 1.92. The molecular weight excluding hydrogens is 284 g/mol. The number of carbonyl (C=O) groups is 1. The van der Waals surface area contributed by atoms with Crippen LogP contribution < -0.4 is 24.8 Å². The molecule has 0 spiro atoms. The quantitative estimate of drug-likeness (QED) is 0.749. The maximum atomic E-state index is 11.9. The lowest BCUT2D eigenvalue weighted by Crippen LogP contribution is -2.48. The second kappa shape index (κ2) is 7.89. The molecule has 0 aromatic heterocycles. The number of ether oxygens (including phenoxy) is 3. The van der Waals surface area contributed by atoms with E-state index in [1.54, 1.807) is 21.3 Å². The van der Waals surface area contributed by atoms with E-state index in [2.05, 4.69) is 10.6 Å². The maximum Gasteiger partial charge on any atom is 0.220 e. The zero-order valence-corrected chi connectivity index (χ0v) is 13.4. The Hall–Kier alpha value is -1.95. The number of carbonyl (C=O) groups excluding carboxylic acids is 1. The molecule has 1 fully saturated rings. The molecule has 1 aliphatic heterocycles. The summed E-state index contributed by atoms with van der Waals surface area (Å²) in [6.45, 7) is 2.74. The first-order valence-electron chi connectivity index (χ1n) is 7.44. The summed E-state index contributed by atoms with van der Waals surface area (Å²) in [5, 5.41) is 6.16. The van der Waals surface area contributed by atoms with E-state index >= 15 is 0 Å². The van der Waals surface area contributed by atoms with Crippen molar-refractivity contribution in [2.24, 2.45) is 5.92 Å². The summed E-state index contributed by atoms with van der Waals surface area (Å²) in [5.74, 6) is 2.43. The van der Waals surface area contributed by atoms with E-state index in [0.29, 0.717) is 36.0 Å². The molecule has 1 amide bonds. The van der Waals surface area contributed by atoms with E-state index in [9.17, 15) is 4.79 Å². The van der Waals surface area contributed by atoms with Gasteiger partial charge in [-0.3, -0.25) is 4.79 Å². The molecule has 122 valence electrons. The highest BCUT2D eigenvalue weighted by Gasteiger charge is 2.17. The van der Waals surface area contributed by atoms with Crippen LogP contribution in [0, 0.1) is 5.92 Å². The van der Waals surface area contributed by atoms with E-state index in [1.807, 2.05) is 12.1 Å². The Bertz CT molecular complexity index is 490. The van der Waals surface area contributed by atoms with Gasteiger partial charge in [0.05, 0.1) is 21.3 Å². The number of methoxy groups -OCH3 is 3. The second-order valence-corrected chi connectivity index (χ2v) is 5.36. The Morgan fingerprint density at radius 3 is 2.27 bits per heavy atom. The van der Waals surface area contributed by atoms with Crippen LogP contribution in [0.5, 0.6) is 17.2 Å². The van der Waals surface area contributed by atoms with Gasteiger partial charge >= 0.3 is 0 Å². The molecule has 1 heterocycles. The molecule has 0 aliphatic carbocycles. The number of hydrogen-bond donors (Lipinski definition) is 2. The molecule has 0 saturated carbocycles. The van der Waals surface area contributed by atoms with E-state index in [0.717, 1.165) is 25.2 Å². The summed E-state index contributed by atoms with van der Waals surface area (Å²) in [6, 6.07) is 3.76. The zero-order valence-electron chi connectivity index (χ0n) is 13.4. The average Bonchev–Trinajstić information content (AvgIpc) is 2.50. The summed E-state index contributed by atoms with van der Waals surface area (Å²) < 4.78 is 15.9. The van der Waals surface area contributed by atoms with E-state index in [1.165, 1.54) is 0 Å². The third kappa shape index (κ3) is 4.04. The molecule has 1 saturated heterocycles. The van der Waals surface area contributed by atoms with Crippen LogP contribution in [0.2, 0.25) is 0 Å². The fraction of sp³-hybridized carbons (Fsp3) is 0.562. The minimum absolute atomic E-state index is 0.0700. The van der Waals surface area contributed by atoms with Crippen molar-refractivity contribution in [2.75, 3.05) is 41.0 Å². The van der Waals surface area contributed by atoms with Crippen molar-refractivity contribution in [3.8, 4) is 17.2 Å². The van der Waals surface area contributed by atoms with Gasteiger partial charge in [-0.2, -0.15) is 0 Å². The van der Waals surface area contributed by atoms with Gasteiger partial charge in [0.1, 0.15) is 0 Å². The number of nitrogens with one attached hydrogen (secondary N) is 2. The van der Waals surface area contributed by atoms with Gasteiger partial charge in [0.25, 0.3) is 0 Å². The molecule has 22 heavy (non-hydrogen) atoms. The van der Waals surface area contributed by atoms with Crippen molar-refractivity contribution in [1.29, 1.82) is 0 Å². The number of amides is 1. The molecule has 2 rings (SSSR count). The van der Waals surface area contributed by atoms with Crippen LogP contribution in [0.15, 0.2) is 12.1 Å². The predicted octanol–water partition coefficient (Wildman–Crippen LogP) is 0.981. The van der Waals surface area contributed by atoms with Crippen molar-refractivity contribution in [2.45, 2.75) is 12.8 Å². The highest BCUT2D eigenvalue weighted by molar-refractivity contribution is 5.76. The second-order valence-electron chi connectivity index (χ2n) is 5.36. The summed E-state index contributed by atoms with van der Waals surface area (Å²) in [7, 11) is 4.74. The Morgan fingerprint density at radius 1 is 1.18 bits per heavy atom. The van der Waals surface area contributed by atoms with Crippen molar-refractivity contribution in [1.82, 2.24) is 10.6 Å². The summed E-state index contributed by atoms with van der Waals surface area (Å²) in [4.78, 5) is 11.9. The van der Waals surface area contributed by atoms with Gasteiger partial charge in [0.2, 0.25) is 11.7 Å². The van der Waals surface area contributed by atoms with Gasteiger partial charge in [-0.05, 0) is 24.1 Å². The van der Waals surface area contributed by atoms with Gasteiger partial charge in [-0.15, -0.1) is 0 Å². The Morgan fingerprint density at radius 2 is 1.82 bits per heavy atom. The molecule has 2 N–H and O–H groups in total. The maximum absolute atomic E-state index is 11.9. The van der Waals surface area contributed by atoms with Crippen LogP contribution in [0.4, 0.5) is 0 Å². The van der Waals surface area contributed by atoms with Crippen molar-refractivity contribution >= 4 is 5.91 Å². The summed E-state index contributed by atoms with van der Waals surface area (Å²) in [6.07, 6.45) is 1.07. The highest BCUT2D eigenvalue weighted by atomic mass is 16.5. The average molecular weight is 308 g/mol. The van der Waals surface area contributed by atoms with Crippen LogP contribution in [0.3, 0.4) is 0 Å². The molecule has 6 heteroatoms. The van der Waals surface area contributed by atoms with Crippen LogP contribution >= 0.6 is 0 Å². The van der Waals surface area contributed by atoms with Crippen LogP contribution in [-0.2, 0) is 11.2 Å². The smallest absolute Gasteiger partial charge is 0.220 e. The molecule has 0 bridgehead atoms. The molecular formula is C16H24N2O4. The topological polar surface area (TPSA) is 68.8 Å². The van der Waals surface area contributed by atoms with Gasteiger partial charge in [-0.1, -0.05) is 0 Å². The normalized spacial score (nSPS) is 14.1. The first kappa shape index (κ1) is 16.4. The molecule has 1 aromatic carbocycles. The molecule has 1 aromatic rings. The first-order chi connectivity index (χ1) is 10.7. The van der Waals surface area contributed by atoms with Crippen LogP contribution in [0.1, 0.15) is 12.0 Å². The SMILES string of the molecule is COc1cc(CCC(=O)NCC2CNC2)cc(OC)c1OC. The van der Waals surface area contributed by atoms with Crippen molar-refractivity contribution in [3.05, 3.63) is 17.7 Å². The van der Waals surface area contributed by atoms with Gasteiger partial charge in [0, 0.05) is 32.0 Å². The van der Waals surface area contributed by atoms with E-state index < -0.39 is 0 Å². The summed E-state index contributed by atoms with van der Waals surface area (Å²) in [5.41, 5.74) is 0.981. The number of hydrogen-bond acceptors (Lipinski definition) is 5. The Kier molecular flexibility index (Phi) is 5.89. The van der Waals surface area contributed by atoms with E-state index in [-0.39, 0.29) is 5.91 Å². The van der Waals surface area contributed by atoms with Crippen molar-refractivity contribution < 1.29 is 19.0 Å². The summed E-state index contributed by atoms with van der Waals surface area (Å²) >= 11 is 0. The predicted molar refractivity (Wildman–Crippen MR) is 83.8 cm³/mol. The standard InChI is InChI=1S/C16H24N2O4/c1-20-13-6-11(7-14(21-2)16(13)22-3)4-5-15(19)18-10-12-8-17-9-12/h6-7,12,17H,4-5,8-10H2,1-3H3,(H,18,19). The molecule has 6 nitrogen and oxygen atoms in total. The van der Waals surface area contributed by atoms with Gasteiger partial charge in [-0.25, -0.2) is 0 Å². The third-order valence-corrected chi connectivity index (χ3v) is 3.82. The Labute approximate surface area is 131 Å². The number of benzene rings is 1. The third-order valence-electron chi connectivity index (χ3n) is 3.82. The lowest BCUT2D eigenvalue weighted by atomic mass is 10.0. The van der Waals surface area contributed by atoms with E-state index in [4.69, 9.17) is 14.2 Å². The molecule has 0 radical (unpaired) electrons. The largest absolute Gasteiger partial charge is 0.493 e. The minimum Gasteiger partial charge on any atom is -0.493 e. The molecule has 0 unspecified atom stereocenters. The molecule has 0 atom stereocenters. The van der Waals surface area contributed by atoms with Crippen LogP contribution in [0.25, 0.3) is 0 Å². The fourth-order valence-corrected chi connectivity index (χ4v) is 2.38. The highest BCUT2D eigenvalue weighted by Crippen LogP contribution is 2.38. The van der Waals surface area contributed by atoms with Gasteiger partial charge < -0.3 is 24.8 Å². The lowest BCUT2D eigenvalue weighted by Gasteiger charge is -2.27. The lowest BCUT2D eigenvalue weighted by molar-refractivity contribution is -0.121. The molecule has 1 aliphatic rings.